The third-order valence-electron chi connectivity index (χ3n) is 4.60. The third-order valence-corrected chi connectivity index (χ3v) is 6.77. The lowest BCUT2D eigenvalue weighted by molar-refractivity contribution is -0.0588. The number of ether oxygens (including phenoxy) is 1. The van der Waals surface area contributed by atoms with Crippen LogP contribution in [0.4, 0.5) is 14.5 Å². The molecular weight excluding hydrogens is 458 g/mol. The van der Waals surface area contributed by atoms with Gasteiger partial charge in [-0.15, -0.1) is 0 Å². The predicted molar refractivity (Wildman–Crippen MR) is 107 cm³/mol. The van der Waals surface area contributed by atoms with Crippen LogP contribution in [-0.4, -0.2) is 67.4 Å². The van der Waals surface area contributed by atoms with E-state index in [9.17, 15) is 32.2 Å². The molecule has 0 spiro atoms. The van der Waals surface area contributed by atoms with Crippen molar-refractivity contribution < 1.29 is 36.9 Å². The summed E-state index contributed by atoms with van der Waals surface area (Å²) in [5.41, 5.74) is -0.0209. The Morgan fingerprint density at radius 2 is 1.84 bits per heavy atom. The molecule has 8 nitrogen and oxygen atoms in total. The Balaban J connectivity index is 1.88. The summed E-state index contributed by atoms with van der Waals surface area (Å²) in [4.78, 5) is 11.7. The van der Waals surface area contributed by atoms with Gasteiger partial charge < -0.3 is 20.3 Å². The zero-order valence-electron chi connectivity index (χ0n) is 16.0. The molecule has 0 radical (unpaired) electrons. The number of benzene rings is 2. The molecule has 0 aromatic heterocycles. The second-order valence-electron chi connectivity index (χ2n) is 6.80. The minimum absolute atomic E-state index is 0.0733. The predicted octanol–water partition coefficient (Wildman–Crippen LogP) is 1.61. The van der Waals surface area contributed by atoms with Crippen LogP contribution in [0, 0.1) is 11.6 Å². The van der Waals surface area contributed by atoms with Gasteiger partial charge in [0.1, 0.15) is 22.6 Å². The Kier molecular flexibility index (Phi) is 7.24. The number of carbonyl (C=O) groups is 1. The van der Waals surface area contributed by atoms with Gasteiger partial charge >= 0.3 is 0 Å². The van der Waals surface area contributed by atoms with Crippen molar-refractivity contribution in [2.75, 3.05) is 31.6 Å². The summed E-state index contributed by atoms with van der Waals surface area (Å²) in [5, 5.41) is 21.9. The van der Waals surface area contributed by atoms with Gasteiger partial charge in [0.2, 0.25) is 10.0 Å². The molecule has 1 aliphatic rings. The fourth-order valence-electron chi connectivity index (χ4n) is 2.88. The van der Waals surface area contributed by atoms with Crippen LogP contribution in [-0.2, 0) is 14.8 Å². The highest BCUT2D eigenvalue weighted by molar-refractivity contribution is 7.89. The molecule has 3 N–H and O–H groups in total. The normalized spacial score (nSPS) is 20.7. The topological polar surface area (TPSA) is 116 Å². The maximum Gasteiger partial charge on any atom is 0.255 e. The quantitative estimate of drug-likeness (QED) is 0.617. The van der Waals surface area contributed by atoms with Crippen LogP contribution >= 0.6 is 11.6 Å². The highest BCUT2D eigenvalue weighted by Gasteiger charge is 2.33. The molecule has 0 saturated carbocycles. The molecule has 2 aromatic rings. The van der Waals surface area contributed by atoms with E-state index < -0.39 is 51.2 Å². The minimum Gasteiger partial charge on any atom is -0.389 e. The van der Waals surface area contributed by atoms with E-state index in [1.54, 1.807) is 0 Å². The number of aliphatic hydroxyl groups excluding tert-OH is 2. The van der Waals surface area contributed by atoms with Crippen molar-refractivity contribution in [1.82, 2.24) is 4.31 Å². The van der Waals surface area contributed by atoms with Gasteiger partial charge in [-0.3, -0.25) is 4.79 Å². The maximum atomic E-state index is 14.4. The molecule has 1 amide bonds. The van der Waals surface area contributed by atoms with Gasteiger partial charge in [0.05, 0.1) is 24.3 Å². The van der Waals surface area contributed by atoms with E-state index >= 15 is 0 Å². The van der Waals surface area contributed by atoms with Crippen LogP contribution in [0.5, 0.6) is 0 Å². The molecule has 2 aromatic carbocycles. The van der Waals surface area contributed by atoms with E-state index in [1.165, 1.54) is 12.1 Å². The summed E-state index contributed by atoms with van der Waals surface area (Å²) in [6.07, 6.45) is -2.74. The van der Waals surface area contributed by atoms with Crippen molar-refractivity contribution in [2.24, 2.45) is 0 Å². The van der Waals surface area contributed by atoms with Crippen molar-refractivity contribution >= 4 is 33.2 Å². The summed E-state index contributed by atoms with van der Waals surface area (Å²) in [6.45, 7) is -0.893. The molecule has 1 saturated heterocycles. The standard InChI is InChI=1S/C19H19ClF2N2O6S/c20-13-8-12(2-4-14(13)21)23-19(27)11-1-3-15(22)18(7-11)31(28,29)24-5-6-30-10-17(26)16(25)9-24/h1-4,7-8,16-17,25-26H,5-6,9-10H2,(H,23,27). The Labute approximate surface area is 182 Å². The first-order chi connectivity index (χ1) is 14.6. The molecule has 12 heteroatoms. The lowest BCUT2D eigenvalue weighted by Gasteiger charge is -2.29. The van der Waals surface area contributed by atoms with Crippen molar-refractivity contribution in [3.8, 4) is 0 Å². The zero-order valence-corrected chi connectivity index (χ0v) is 17.5. The number of carbonyl (C=O) groups excluding carboxylic acids is 1. The maximum absolute atomic E-state index is 14.4. The lowest BCUT2D eigenvalue weighted by Crippen LogP contribution is -2.47. The van der Waals surface area contributed by atoms with Crippen LogP contribution in [0.25, 0.3) is 0 Å². The molecule has 1 heterocycles. The summed E-state index contributed by atoms with van der Waals surface area (Å²) < 4.78 is 59.5. The van der Waals surface area contributed by atoms with E-state index in [4.69, 9.17) is 16.3 Å². The monoisotopic (exact) mass is 476 g/mol. The number of halogens is 3. The number of anilines is 1. The molecule has 168 valence electrons. The van der Waals surface area contributed by atoms with Gasteiger partial charge in [-0.2, -0.15) is 4.31 Å². The smallest absolute Gasteiger partial charge is 0.255 e. The molecule has 31 heavy (non-hydrogen) atoms. The Morgan fingerprint density at radius 3 is 2.55 bits per heavy atom. The number of hydrogen-bond donors (Lipinski definition) is 3. The summed E-state index contributed by atoms with van der Waals surface area (Å²) in [6, 6.07) is 6.24. The number of rotatable bonds is 4. The SMILES string of the molecule is O=C(Nc1ccc(F)c(Cl)c1)c1ccc(F)c(S(=O)(=O)N2CCOCC(O)C(O)C2)c1. The summed E-state index contributed by atoms with van der Waals surface area (Å²) in [7, 11) is -4.47. The fourth-order valence-corrected chi connectivity index (χ4v) is 4.59. The van der Waals surface area contributed by atoms with Crippen LogP contribution in [0.1, 0.15) is 10.4 Å². The van der Waals surface area contributed by atoms with Crippen LogP contribution < -0.4 is 5.32 Å². The van der Waals surface area contributed by atoms with Gasteiger partial charge in [0.25, 0.3) is 5.91 Å². The number of aliphatic hydroxyl groups is 2. The van der Waals surface area contributed by atoms with Gasteiger partial charge in [0.15, 0.2) is 0 Å². The molecule has 0 bridgehead atoms. The van der Waals surface area contributed by atoms with Crippen LogP contribution in [0.3, 0.4) is 0 Å². The molecule has 3 rings (SSSR count). The highest BCUT2D eigenvalue weighted by atomic mass is 35.5. The number of β-amino-alcohol motifs (C(OH)–C–C–N with tert-alkyl or cyclic N) is 1. The number of nitrogens with zero attached hydrogens (tertiary/aromatic N) is 1. The van der Waals surface area contributed by atoms with Crippen molar-refractivity contribution in [3.63, 3.8) is 0 Å². The first-order valence-electron chi connectivity index (χ1n) is 9.09. The number of amides is 1. The Bertz CT molecular complexity index is 1090. The fraction of sp³-hybridized carbons (Fsp3) is 0.316. The lowest BCUT2D eigenvalue weighted by atomic mass is 10.2. The first kappa shape index (κ1) is 23.5. The summed E-state index contributed by atoms with van der Waals surface area (Å²) in [5.74, 6) is -2.55. The molecule has 1 fully saturated rings. The van der Waals surface area contributed by atoms with Crippen LogP contribution in [0.15, 0.2) is 41.3 Å². The number of hydrogen-bond acceptors (Lipinski definition) is 6. The summed E-state index contributed by atoms with van der Waals surface area (Å²) >= 11 is 5.67. The second-order valence-corrected chi connectivity index (χ2v) is 9.11. The van der Waals surface area contributed by atoms with Crippen molar-refractivity contribution in [1.29, 1.82) is 0 Å². The van der Waals surface area contributed by atoms with Crippen molar-refractivity contribution in [2.45, 2.75) is 17.1 Å². The Morgan fingerprint density at radius 1 is 1.13 bits per heavy atom. The highest BCUT2D eigenvalue weighted by Crippen LogP contribution is 2.24. The van der Waals surface area contributed by atoms with E-state index in [0.29, 0.717) is 0 Å². The number of sulfonamides is 1. The zero-order chi connectivity index (χ0) is 22.8. The van der Waals surface area contributed by atoms with Gasteiger partial charge in [-0.05, 0) is 36.4 Å². The Hall–Kier alpha value is -2.15. The number of nitrogens with one attached hydrogen (secondary N) is 1. The van der Waals surface area contributed by atoms with Gasteiger partial charge in [0, 0.05) is 24.3 Å². The minimum atomic E-state index is -4.47. The van der Waals surface area contributed by atoms with E-state index in [0.717, 1.165) is 28.6 Å². The second kappa shape index (κ2) is 9.55. The van der Waals surface area contributed by atoms with Crippen molar-refractivity contribution in [3.05, 3.63) is 58.6 Å². The molecule has 1 aliphatic heterocycles. The van der Waals surface area contributed by atoms with E-state index in [-0.39, 0.29) is 36.0 Å². The first-order valence-corrected chi connectivity index (χ1v) is 10.9. The van der Waals surface area contributed by atoms with E-state index in [2.05, 4.69) is 5.32 Å². The third kappa shape index (κ3) is 5.37. The van der Waals surface area contributed by atoms with Crippen LogP contribution in [0.2, 0.25) is 5.02 Å². The average molecular weight is 477 g/mol. The largest absolute Gasteiger partial charge is 0.389 e. The molecule has 2 unspecified atom stereocenters. The average Bonchev–Trinajstić information content (AvgIpc) is 2.71. The van der Waals surface area contributed by atoms with Gasteiger partial charge in [-0.25, -0.2) is 17.2 Å². The molecule has 0 aliphatic carbocycles. The molecule has 2 atom stereocenters. The van der Waals surface area contributed by atoms with Gasteiger partial charge in [-0.1, -0.05) is 11.6 Å². The molecular formula is C19H19ClF2N2O6S. The van der Waals surface area contributed by atoms with E-state index in [1.807, 2.05) is 0 Å².